The first-order chi connectivity index (χ1) is 15.1. The SMILES string of the molecule is CCCNC(=O)CN(C)c1nn2c(NC3CCCC3)c(-c3ccc(OC)cc3)nc2s1. The predicted octanol–water partition coefficient (Wildman–Crippen LogP) is 3.78. The van der Waals surface area contributed by atoms with Crippen LogP contribution in [0.2, 0.25) is 0 Å². The summed E-state index contributed by atoms with van der Waals surface area (Å²) >= 11 is 1.49. The molecule has 0 bridgehead atoms. The van der Waals surface area contributed by atoms with Gasteiger partial charge in [-0.25, -0.2) is 4.98 Å². The van der Waals surface area contributed by atoms with Crippen molar-refractivity contribution in [3.8, 4) is 17.0 Å². The largest absolute Gasteiger partial charge is 0.497 e. The number of carbonyl (C=O) groups excluding carboxylic acids is 1. The number of aromatic nitrogens is 3. The molecular weight excluding hydrogens is 412 g/mol. The molecule has 0 radical (unpaired) electrons. The highest BCUT2D eigenvalue weighted by molar-refractivity contribution is 7.20. The van der Waals surface area contributed by atoms with E-state index in [0.717, 1.165) is 52.2 Å². The van der Waals surface area contributed by atoms with Gasteiger partial charge in [0, 0.05) is 25.2 Å². The number of nitrogens with one attached hydrogen (secondary N) is 2. The van der Waals surface area contributed by atoms with Gasteiger partial charge in [-0.2, -0.15) is 4.52 Å². The Hall–Kier alpha value is -2.81. The average molecular weight is 443 g/mol. The smallest absolute Gasteiger partial charge is 0.239 e. The monoisotopic (exact) mass is 442 g/mol. The van der Waals surface area contributed by atoms with Crippen LogP contribution in [0.25, 0.3) is 16.2 Å². The van der Waals surface area contributed by atoms with Crippen LogP contribution in [-0.2, 0) is 4.79 Å². The summed E-state index contributed by atoms with van der Waals surface area (Å²) in [5.41, 5.74) is 1.91. The number of nitrogens with zero attached hydrogens (tertiary/aromatic N) is 4. The fourth-order valence-electron chi connectivity index (χ4n) is 3.84. The van der Waals surface area contributed by atoms with Gasteiger partial charge < -0.3 is 20.3 Å². The molecule has 1 saturated carbocycles. The third-order valence-corrected chi connectivity index (χ3v) is 6.55. The van der Waals surface area contributed by atoms with Gasteiger partial charge in [0.25, 0.3) is 0 Å². The predicted molar refractivity (Wildman–Crippen MR) is 125 cm³/mol. The summed E-state index contributed by atoms with van der Waals surface area (Å²) in [6.45, 7) is 3.00. The van der Waals surface area contributed by atoms with E-state index in [4.69, 9.17) is 14.8 Å². The number of anilines is 2. The van der Waals surface area contributed by atoms with Gasteiger partial charge in [0.05, 0.1) is 13.7 Å². The van der Waals surface area contributed by atoms with Crippen molar-refractivity contribution in [1.29, 1.82) is 0 Å². The summed E-state index contributed by atoms with van der Waals surface area (Å²) in [5, 5.41) is 12.2. The summed E-state index contributed by atoms with van der Waals surface area (Å²) < 4.78 is 7.18. The first-order valence-corrected chi connectivity index (χ1v) is 11.7. The molecule has 1 fully saturated rings. The quantitative estimate of drug-likeness (QED) is 0.525. The summed E-state index contributed by atoms with van der Waals surface area (Å²) in [5.74, 6) is 1.73. The topological polar surface area (TPSA) is 83.8 Å². The second-order valence-corrected chi connectivity index (χ2v) is 8.88. The highest BCUT2D eigenvalue weighted by atomic mass is 32.1. The van der Waals surface area contributed by atoms with Gasteiger partial charge in [0.2, 0.25) is 16.0 Å². The second-order valence-electron chi connectivity index (χ2n) is 7.95. The van der Waals surface area contributed by atoms with Crippen molar-refractivity contribution in [2.75, 3.05) is 37.5 Å². The van der Waals surface area contributed by atoms with Crippen LogP contribution in [0.1, 0.15) is 39.0 Å². The van der Waals surface area contributed by atoms with Crippen molar-refractivity contribution in [2.45, 2.75) is 45.1 Å². The second kappa shape index (κ2) is 9.55. The Kier molecular flexibility index (Phi) is 6.60. The van der Waals surface area contributed by atoms with E-state index in [9.17, 15) is 4.79 Å². The Bertz CT molecular complexity index is 1020. The molecular formula is C22H30N6O2S. The molecule has 4 rings (SSSR count). The lowest BCUT2D eigenvalue weighted by Gasteiger charge is -2.15. The normalized spacial score (nSPS) is 14.2. The molecule has 1 aliphatic carbocycles. The molecule has 1 amide bonds. The van der Waals surface area contributed by atoms with Gasteiger partial charge in [-0.05, 0) is 43.5 Å². The third-order valence-electron chi connectivity index (χ3n) is 5.53. The zero-order valence-electron chi connectivity index (χ0n) is 18.4. The van der Waals surface area contributed by atoms with Crippen LogP contribution >= 0.6 is 11.3 Å². The lowest BCUT2D eigenvalue weighted by molar-refractivity contribution is -0.119. The Morgan fingerprint density at radius 2 is 2.03 bits per heavy atom. The van der Waals surface area contributed by atoms with E-state index in [-0.39, 0.29) is 12.5 Å². The number of hydrogen-bond acceptors (Lipinski definition) is 7. The fraction of sp³-hybridized carbons (Fsp3) is 0.500. The van der Waals surface area contributed by atoms with E-state index in [0.29, 0.717) is 12.6 Å². The molecule has 3 aromatic rings. The Morgan fingerprint density at radius 3 is 2.71 bits per heavy atom. The summed E-state index contributed by atoms with van der Waals surface area (Å²) in [7, 11) is 3.55. The van der Waals surface area contributed by atoms with Gasteiger partial charge in [0.1, 0.15) is 11.4 Å². The van der Waals surface area contributed by atoms with Crippen LogP contribution in [-0.4, -0.2) is 53.8 Å². The number of methoxy groups -OCH3 is 1. The minimum Gasteiger partial charge on any atom is -0.497 e. The third kappa shape index (κ3) is 4.76. The number of likely N-dealkylation sites (N-methyl/N-ethyl adjacent to an activating group) is 1. The van der Waals surface area contributed by atoms with Crippen molar-refractivity contribution < 1.29 is 9.53 Å². The first kappa shape index (κ1) is 21.4. The number of carbonyl (C=O) groups is 1. The van der Waals surface area contributed by atoms with E-state index in [2.05, 4.69) is 10.6 Å². The number of ether oxygens (including phenoxy) is 1. The highest BCUT2D eigenvalue weighted by Gasteiger charge is 2.24. The van der Waals surface area contributed by atoms with Crippen LogP contribution in [0.15, 0.2) is 24.3 Å². The minimum atomic E-state index is 0.000385. The average Bonchev–Trinajstić information content (AvgIpc) is 3.50. The number of benzene rings is 1. The van der Waals surface area contributed by atoms with Crippen LogP contribution in [0.3, 0.4) is 0 Å². The maximum absolute atomic E-state index is 12.1. The zero-order chi connectivity index (χ0) is 21.8. The molecule has 1 aromatic carbocycles. The molecule has 0 aliphatic heterocycles. The molecule has 0 saturated heterocycles. The van der Waals surface area contributed by atoms with Crippen molar-refractivity contribution in [3.05, 3.63) is 24.3 Å². The molecule has 2 aromatic heterocycles. The highest BCUT2D eigenvalue weighted by Crippen LogP contribution is 2.35. The molecule has 31 heavy (non-hydrogen) atoms. The molecule has 0 spiro atoms. The Morgan fingerprint density at radius 1 is 1.29 bits per heavy atom. The van der Waals surface area contributed by atoms with Crippen molar-refractivity contribution in [3.63, 3.8) is 0 Å². The van der Waals surface area contributed by atoms with E-state index < -0.39 is 0 Å². The van der Waals surface area contributed by atoms with E-state index in [1.807, 2.05) is 47.7 Å². The minimum absolute atomic E-state index is 0.000385. The van der Waals surface area contributed by atoms with Gasteiger partial charge >= 0.3 is 0 Å². The molecule has 0 atom stereocenters. The number of hydrogen-bond donors (Lipinski definition) is 2. The summed E-state index contributed by atoms with van der Waals surface area (Å²) in [6.07, 6.45) is 5.73. The van der Waals surface area contributed by atoms with Gasteiger partial charge in [-0.3, -0.25) is 4.79 Å². The van der Waals surface area contributed by atoms with Crippen molar-refractivity contribution in [2.24, 2.45) is 0 Å². The molecule has 8 nitrogen and oxygen atoms in total. The van der Waals surface area contributed by atoms with E-state index in [1.54, 1.807) is 7.11 Å². The maximum atomic E-state index is 12.1. The zero-order valence-corrected chi connectivity index (χ0v) is 19.2. The van der Waals surface area contributed by atoms with Crippen LogP contribution in [0.5, 0.6) is 5.75 Å². The molecule has 166 valence electrons. The molecule has 2 heterocycles. The molecule has 0 unspecified atom stereocenters. The van der Waals surface area contributed by atoms with E-state index >= 15 is 0 Å². The van der Waals surface area contributed by atoms with E-state index in [1.165, 1.54) is 24.2 Å². The van der Waals surface area contributed by atoms with Crippen LogP contribution in [0, 0.1) is 0 Å². The first-order valence-electron chi connectivity index (χ1n) is 10.9. The maximum Gasteiger partial charge on any atom is 0.239 e. The Balaban J connectivity index is 1.64. The summed E-state index contributed by atoms with van der Waals surface area (Å²) in [4.78, 5) is 19.7. The molecule has 9 heteroatoms. The number of fused-ring (bicyclic) bond motifs is 1. The van der Waals surface area contributed by atoms with Gasteiger partial charge in [0.15, 0.2) is 5.82 Å². The lowest BCUT2D eigenvalue weighted by atomic mass is 10.1. The van der Waals surface area contributed by atoms with Crippen LogP contribution < -0.4 is 20.3 Å². The number of rotatable bonds is 9. The van der Waals surface area contributed by atoms with Crippen molar-refractivity contribution >= 4 is 33.2 Å². The number of imidazole rings is 1. The van der Waals surface area contributed by atoms with Crippen LogP contribution in [0.4, 0.5) is 10.9 Å². The van der Waals surface area contributed by atoms with Gasteiger partial charge in [-0.15, -0.1) is 5.10 Å². The number of amides is 1. The van der Waals surface area contributed by atoms with Gasteiger partial charge in [-0.1, -0.05) is 31.1 Å². The Labute approximate surface area is 186 Å². The fourth-order valence-corrected chi connectivity index (χ4v) is 4.70. The lowest BCUT2D eigenvalue weighted by Crippen LogP contribution is -2.35. The summed E-state index contributed by atoms with van der Waals surface area (Å²) in [6, 6.07) is 8.37. The molecule has 2 N–H and O–H groups in total. The standard InChI is InChI=1S/C22H30N6O2S/c1-4-13-23-18(29)14-27(2)22-26-28-20(24-16-7-5-6-8-16)19(25-21(28)31-22)15-9-11-17(30-3)12-10-15/h9-12,16,24H,4-8,13-14H2,1-3H3,(H,23,29). The molecule has 1 aliphatic rings. The van der Waals surface area contributed by atoms with Crippen molar-refractivity contribution in [1.82, 2.24) is 19.9 Å².